The van der Waals surface area contributed by atoms with Crippen LogP contribution in [0.3, 0.4) is 0 Å². The second-order valence-electron chi connectivity index (χ2n) is 7.75. The minimum Gasteiger partial charge on any atom is -0.497 e. The molecule has 1 fully saturated rings. The van der Waals surface area contributed by atoms with E-state index in [1.807, 2.05) is 24.3 Å². The van der Waals surface area contributed by atoms with E-state index < -0.39 is 0 Å². The fraction of sp³-hybridized carbons (Fsp3) is 0.455. The molecule has 2 heterocycles. The number of hydrogen-bond acceptors (Lipinski definition) is 6. The molecule has 1 aliphatic rings. The first-order valence-corrected chi connectivity index (χ1v) is 10.0. The molecule has 30 heavy (non-hydrogen) atoms. The van der Waals surface area contributed by atoms with E-state index in [9.17, 15) is 9.59 Å². The van der Waals surface area contributed by atoms with Crippen LogP contribution in [-0.2, 0) is 16.1 Å². The van der Waals surface area contributed by atoms with Gasteiger partial charge in [-0.3, -0.25) is 14.6 Å². The normalized spacial score (nSPS) is 17.2. The Morgan fingerprint density at radius 3 is 2.80 bits per heavy atom. The van der Waals surface area contributed by atoms with E-state index in [1.54, 1.807) is 12.0 Å². The number of methoxy groups -OCH3 is 1. The summed E-state index contributed by atoms with van der Waals surface area (Å²) in [7, 11) is 1.62. The molecule has 160 valence electrons. The summed E-state index contributed by atoms with van der Waals surface area (Å²) in [6.07, 6.45) is 4.07. The topological polar surface area (TPSA) is 84.9 Å². The van der Waals surface area contributed by atoms with Crippen LogP contribution in [-0.4, -0.2) is 71.0 Å². The molecule has 8 nitrogen and oxygen atoms in total. The van der Waals surface area contributed by atoms with Crippen molar-refractivity contribution in [3.05, 3.63) is 54.1 Å². The molecule has 0 spiro atoms. The summed E-state index contributed by atoms with van der Waals surface area (Å²) in [5.41, 5.74) is 1.18. The molecule has 1 aliphatic heterocycles. The fourth-order valence-electron chi connectivity index (χ4n) is 3.40. The van der Waals surface area contributed by atoms with Gasteiger partial charge in [-0.15, -0.1) is 0 Å². The third-order valence-corrected chi connectivity index (χ3v) is 4.80. The van der Waals surface area contributed by atoms with Crippen LogP contribution in [0, 0.1) is 5.92 Å². The van der Waals surface area contributed by atoms with Crippen molar-refractivity contribution in [2.24, 2.45) is 5.92 Å². The van der Waals surface area contributed by atoms with Crippen molar-refractivity contribution in [1.82, 2.24) is 19.8 Å². The first-order valence-electron chi connectivity index (χ1n) is 10.0. The zero-order valence-electron chi connectivity index (χ0n) is 17.7. The van der Waals surface area contributed by atoms with Gasteiger partial charge < -0.3 is 19.3 Å². The number of rotatable bonds is 7. The fourth-order valence-corrected chi connectivity index (χ4v) is 3.40. The van der Waals surface area contributed by atoms with Gasteiger partial charge in [0.15, 0.2) is 0 Å². The van der Waals surface area contributed by atoms with Crippen molar-refractivity contribution >= 4 is 11.8 Å². The average molecular weight is 412 g/mol. The molecule has 0 bridgehead atoms. The molecule has 0 saturated carbocycles. The first kappa shape index (κ1) is 21.7. The van der Waals surface area contributed by atoms with E-state index in [0.29, 0.717) is 32.2 Å². The van der Waals surface area contributed by atoms with Crippen LogP contribution >= 0.6 is 0 Å². The maximum atomic E-state index is 12.9. The summed E-state index contributed by atoms with van der Waals surface area (Å²) >= 11 is 0. The quantitative estimate of drug-likeness (QED) is 0.692. The second kappa shape index (κ2) is 10.2. The molecule has 1 aromatic carbocycles. The number of amides is 2. The number of ether oxygens (including phenoxy) is 2. The Labute approximate surface area is 176 Å². The summed E-state index contributed by atoms with van der Waals surface area (Å²) in [5, 5.41) is 0. The van der Waals surface area contributed by atoms with Crippen LogP contribution in [0.1, 0.15) is 29.9 Å². The molecule has 1 atom stereocenters. The third kappa shape index (κ3) is 5.76. The minimum absolute atomic E-state index is 0.00114. The van der Waals surface area contributed by atoms with E-state index >= 15 is 0 Å². The highest BCUT2D eigenvalue weighted by atomic mass is 16.5. The van der Waals surface area contributed by atoms with Crippen LogP contribution in [0.15, 0.2) is 42.9 Å². The van der Waals surface area contributed by atoms with Gasteiger partial charge in [0, 0.05) is 32.0 Å². The molecule has 0 aliphatic carbocycles. The molecular formula is C22H28N4O4. The van der Waals surface area contributed by atoms with Crippen molar-refractivity contribution in [1.29, 1.82) is 0 Å². The second-order valence-corrected chi connectivity index (χ2v) is 7.75. The molecule has 0 radical (unpaired) electrons. The van der Waals surface area contributed by atoms with Gasteiger partial charge >= 0.3 is 0 Å². The summed E-state index contributed by atoms with van der Waals surface area (Å²) in [6.45, 7) is 5.84. The molecule has 2 amide bonds. The van der Waals surface area contributed by atoms with Gasteiger partial charge in [-0.25, -0.2) is 4.98 Å². The van der Waals surface area contributed by atoms with Crippen molar-refractivity contribution in [3.8, 4) is 5.75 Å². The zero-order valence-corrected chi connectivity index (χ0v) is 17.7. The number of aromatic nitrogens is 2. The molecule has 3 rings (SSSR count). The van der Waals surface area contributed by atoms with Crippen LogP contribution in [0.5, 0.6) is 5.75 Å². The Morgan fingerprint density at radius 1 is 1.27 bits per heavy atom. The Bertz CT molecular complexity index is 859. The van der Waals surface area contributed by atoms with E-state index in [1.165, 1.54) is 23.5 Å². The molecule has 2 aromatic rings. The smallest absolute Gasteiger partial charge is 0.274 e. The number of benzene rings is 1. The highest BCUT2D eigenvalue weighted by molar-refractivity contribution is 5.95. The van der Waals surface area contributed by atoms with Crippen LogP contribution < -0.4 is 4.74 Å². The Hall–Kier alpha value is -3.00. The van der Waals surface area contributed by atoms with Gasteiger partial charge in [0.05, 0.1) is 26.0 Å². The number of nitrogens with zero attached hydrogens (tertiary/aromatic N) is 4. The molecular weight excluding hydrogens is 384 g/mol. The summed E-state index contributed by atoms with van der Waals surface area (Å²) in [6, 6.07) is 7.65. The lowest BCUT2D eigenvalue weighted by Crippen LogP contribution is -2.40. The largest absolute Gasteiger partial charge is 0.497 e. The lowest BCUT2D eigenvalue weighted by atomic mass is 10.2. The lowest BCUT2D eigenvalue weighted by molar-refractivity contribution is -0.132. The molecule has 1 saturated heterocycles. The van der Waals surface area contributed by atoms with Crippen molar-refractivity contribution < 1.29 is 19.1 Å². The van der Waals surface area contributed by atoms with Gasteiger partial charge in [-0.1, -0.05) is 26.0 Å². The molecule has 1 aromatic heterocycles. The van der Waals surface area contributed by atoms with Gasteiger partial charge in [0.1, 0.15) is 18.0 Å². The number of hydrogen-bond donors (Lipinski definition) is 0. The maximum Gasteiger partial charge on any atom is 0.274 e. The predicted molar refractivity (Wildman–Crippen MR) is 111 cm³/mol. The first-order chi connectivity index (χ1) is 14.5. The van der Waals surface area contributed by atoms with Crippen molar-refractivity contribution in [3.63, 3.8) is 0 Å². The molecule has 0 N–H and O–H groups in total. The highest BCUT2D eigenvalue weighted by Crippen LogP contribution is 2.17. The Morgan fingerprint density at radius 2 is 2.10 bits per heavy atom. The monoisotopic (exact) mass is 412 g/mol. The van der Waals surface area contributed by atoms with Crippen LogP contribution in [0.2, 0.25) is 0 Å². The van der Waals surface area contributed by atoms with E-state index in [-0.39, 0.29) is 30.2 Å². The number of carbonyl (C=O) groups is 2. The SMILES string of the molecule is COc1cccc(CO[C@H]2CN(CC(C)C)C(=O)CN(C(=O)c3cnccn3)C2)c1. The van der Waals surface area contributed by atoms with E-state index in [0.717, 1.165) is 11.3 Å². The predicted octanol–water partition coefficient (Wildman–Crippen LogP) is 2.01. The van der Waals surface area contributed by atoms with Gasteiger partial charge in [0.25, 0.3) is 5.91 Å². The summed E-state index contributed by atoms with van der Waals surface area (Å²) < 4.78 is 11.4. The maximum absolute atomic E-state index is 12.9. The van der Waals surface area contributed by atoms with Crippen molar-refractivity contribution in [2.45, 2.75) is 26.6 Å². The van der Waals surface area contributed by atoms with Gasteiger partial charge in [-0.2, -0.15) is 0 Å². The lowest BCUT2D eigenvalue weighted by Gasteiger charge is -2.26. The van der Waals surface area contributed by atoms with E-state index in [4.69, 9.17) is 9.47 Å². The van der Waals surface area contributed by atoms with Crippen LogP contribution in [0.25, 0.3) is 0 Å². The van der Waals surface area contributed by atoms with Gasteiger partial charge in [-0.05, 0) is 23.6 Å². The Kier molecular flexibility index (Phi) is 7.35. The van der Waals surface area contributed by atoms with E-state index in [2.05, 4.69) is 23.8 Å². The number of carbonyl (C=O) groups excluding carboxylic acids is 2. The standard InChI is InChI=1S/C22H28N4O4/c1-16(2)11-25-12-19(30-15-17-5-4-6-18(9-17)29-3)13-26(14-21(25)27)22(28)20-10-23-7-8-24-20/h4-10,16,19H,11-15H2,1-3H3/t19-/m0/s1. The molecule has 0 unspecified atom stereocenters. The summed E-state index contributed by atoms with van der Waals surface area (Å²) in [4.78, 5) is 37.1. The Balaban J connectivity index is 1.76. The molecule has 8 heteroatoms. The third-order valence-electron chi connectivity index (χ3n) is 4.80. The summed E-state index contributed by atoms with van der Waals surface area (Å²) in [5.74, 6) is 0.662. The minimum atomic E-state index is -0.321. The van der Waals surface area contributed by atoms with Gasteiger partial charge in [0.2, 0.25) is 5.91 Å². The van der Waals surface area contributed by atoms with Crippen LogP contribution in [0.4, 0.5) is 0 Å². The highest BCUT2D eigenvalue weighted by Gasteiger charge is 2.32. The average Bonchev–Trinajstić information content (AvgIpc) is 2.91. The van der Waals surface area contributed by atoms with Crippen molar-refractivity contribution in [2.75, 3.05) is 33.3 Å². The zero-order chi connectivity index (χ0) is 21.5.